The zero-order valence-corrected chi connectivity index (χ0v) is 12.4. The van der Waals surface area contributed by atoms with Gasteiger partial charge in [0, 0.05) is 24.1 Å². The Balaban J connectivity index is 1.64. The van der Waals surface area contributed by atoms with Crippen molar-refractivity contribution in [3.8, 4) is 0 Å². The smallest absolute Gasteiger partial charge is 0.123 e. The third-order valence-electron chi connectivity index (χ3n) is 5.24. The van der Waals surface area contributed by atoms with E-state index in [1.54, 1.807) is 12.1 Å². The minimum absolute atomic E-state index is 0.157. The minimum Gasteiger partial charge on any atom is -0.378 e. The van der Waals surface area contributed by atoms with E-state index in [9.17, 15) is 4.39 Å². The van der Waals surface area contributed by atoms with Crippen LogP contribution in [0.1, 0.15) is 51.1 Å². The molecule has 0 bridgehead atoms. The third kappa shape index (κ3) is 2.27. The summed E-state index contributed by atoms with van der Waals surface area (Å²) < 4.78 is 19.2. The number of hydrogen-bond donors (Lipinski definition) is 1. The van der Waals surface area contributed by atoms with Crippen LogP contribution < -0.4 is 5.32 Å². The molecule has 2 aliphatic rings. The van der Waals surface area contributed by atoms with E-state index in [2.05, 4.69) is 19.2 Å². The first-order valence-corrected chi connectivity index (χ1v) is 7.79. The molecular formula is C17H24FNO. The summed E-state index contributed by atoms with van der Waals surface area (Å²) >= 11 is 0. The van der Waals surface area contributed by atoms with Crippen LogP contribution in [0.3, 0.4) is 0 Å². The van der Waals surface area contributed by atoms with Crippen LogP contribution in [0.5, 0.6) is 0 Å². The highest BCUT2D eigenvalue weighted by Gasteiger charge is 2.58. The second kappa shape index (κ2) is 5.45. The molecule has 2 saturated carbocycles. The molecule has 0 amide bonds. The topological polar surface area (TPSA) is 21.3 Å². The Morgan fingerprint density at radius 2 is 2.25 bits per heavy atom. The van der Waals surface area contributed by atoms with Gasteiger partial charge in [-0.3, -0.25) is 0 Å². The summed E-state index contributed by atoms with van der Waals surface area (Å²) in [5, 5.41) is 3.69. The van der Waals surface area contributed by atoms with Crippen LogP contribution in [0, 0.1) is 11.2 Å². The van der Waals surface area contributed by atoms with Gasteiger partial charge in [0.05, 0.1) is 6.10 Å². The molecule has 0 heterocycles. The number of rotatable bonds is 5. The lowest BCUT2D eigenvalue weighted by molar-refractivity contribution is -0.174. The van der Waals surface area contributed by atoms with Gasteiger partial charge >= 0.3 is 0 Å². The molecule has 1 aromatic rings. The third-order valence-corrected chi connectivity index (χ3v) is 5.24. The summed E-state index contributed by atoms with van der Waals surface area (Å²) in [6, 6.07) is 7.61. The van der Waals surface area contributed by atoms with Crippen LogP contribution in [-0.4, -0.2) is 18.8 Å². The van der Waals surface area contributed by atoms with Crippen LogP contribution in [0.2, 0.25) is 0 Å². The molecule has 1 aromatic carbocycles. The zero-order chi connectivity index (χ0) is 14.2. The Bertz CT molecular complexity index is 472. The highest BCUT2D eigenvalue weighted by molar-refractivity contribution is 5.21. The van der Waals surface area contributed by atoms with Crippen molar-refractivity contribution >= 4 is 0 Å². The van der Waals surface area contributed by atoms with Gasteiger partial charge in [0.25, 0.3) is 0 Å². The number of benzene rings is 1. The largest absolute Gasteiger partial charge is 0.378 e. The Morgan fingerprint density at radius 1 is 1.45 bits per heavy atom. The monoisotopic (exact) mass is 277 g/mol. The molecule has 3 atom stereocenters. The number of hydrogen-bond acceptors (Lipinski definition) is 2. The predicted molar refractivity (Wildman–Crippen MR) is 78.1 cm³/mol. The molecule has 0 aromatic heterocycles. The van der Waals surface area contributed by atoms with E-state index in [1.165, 1.54) is 25.3 Å². The Morgan fingerprint density at radius 3 is 2.85 bits per heavy atom. The molecule has 3 unspecified atom stereocenters. The van der Waals surface area contributed by atoms with Crippen LogP contribution in [0.15, 0.2) is 24.3 Å². The van der Waals surface area contributed by atoms with Gasteiger partial charge in [0.2, 0.25) is 0 Å². The van der Waals surface area contributed by atoms with Crippen LogP contribution >= 0.6 is 0 Å². The van der Waals surface area contributed by atoms with Gasteiger partial charge in [-0.2, -0.15) is 0 Å². The van der Waals surface area contributed by atoms with E-state index in [-0.39, 0.29) is 11.9 Å². The fourth-order valence-corrected chi connectivity index (χ4v) is 3.85. The fraction of sp³-hybridized carbons (Fsp3) is 0.647. The van der Waals surface area contributed by atoms with E-state index in [0.717, 1.165) is 18.6 Å². The maximum Gasteiger partial charge on any atom is 0.123 e. The van der Waals surface area contributed by atoms with Crippen molar-refractivity contribution in [2.24, 2.45) is 5.41 Å². The van der Waals surface area contributed by atoms with Crippen molar-refractivity contribution in [1.29, 1.82) is 0 Å². The molecule has 2 aliphatic carbocycles. The first kappa shape index (κ1) is 14.0. The molecule has 3 heteroatoms. The summed E-state index contributed by atoms with van der Waals surface area (Å²) in [5.74, 6) is -0.157. The summed E-state index contributed by atoms with van der Waals surface area (Å²) in [7, 11) is 0. The molecule has 3 rings (SSSR count). The Kier molecular flexibility index (Phi) is 3.83. The summed E-state index contributed by atoms with van der Waals surface area (Å²) in [5.41, 5.74) is 1.39. The maximum atomic E-state index is 13.3. The second-order valence-corrected chi connectivity index (χ2v) is 6.26. The van der Waals surface area contributed by atoms with Gasteiger partial charge in [-0.25, -0.2) is 4.39 Å². The average Bonchev–Trinajstić information content (AvgIpc) is 2.35. The van der Waals surface area contributed by atoms with E-state index >= 15 is 0 Å². The highest BCUT2D eigenvalue weighted by Crippen LogP contribution is 2.57. The fourth-order valence-electron chi connectivity index (χ4n) is 3.85. The zero-order valence-electron chi connectivity index (χ0n) is 12.4. The van der Waals surface area contributed by atoms with Gasteiger partial charge in [-0.15, -0.1) is 0 Å². The molecule has 110 valence electrons. The second-order valence-electron chi connectivity index (χ2n) is 6.26. The molecule has 0 radical (unpaired) electrons. The lowest BCUT2D eigenvalue weighted by atomic mass is 9.51. The summed E-state index contributed by atoms with van der Waals surface area (Å²) in [4.78, 5) is 0. The standard InChI is InChI=1S/C17H24FNO/c1-3-20-16-11-15(17(16)8-5-9-17)19-12(2)13-6-4-7-14(18)10-13/h4,6-7,10,12,15-16,19H,3,5,8-9,11H2,1-2H3. The molecule has 20 heavy (non-hydrogen) atoms. The van der Waals surface area contributed by atoms with Crippen molar-refractivity contribution < 1.29 is 9.13 Å². The normalized spacial score (nSPS) is 28.8. The SMILES string of the molecule is CCOC1CC(NC(C)c2cccc(F)c2)C12CCC2. The van der Waals surface area contributed by atoms with Crippen molar-refractivity contribution in [3.05, 3.63) is 35.6 Å². The van der Waals surface area contributed by atoms with Gasteiger partial charge in [-0.05, 0) is 50.8 Å². The molecule has 0 aliphatic heterocycles. The van der Waals surface area contributed by atoms with Crippen molar-refractivity contribution in [2.45, 2.75) is 57.7 Å². The number of ether oxygens (including phenoxy) is 1. The van der Waals surface area contributed by atoms with E-state index in [4.69, 9.17) is 4.74 Å². The summed E-state index contributed by atoms with van der Waals surface area (Å²) in [6.45, 7) is 5.00. The van der Waals surface area contributed by atoms with E-state index in [1.807, 2.05) is 6.07 Å². The molecular weight excluding hydrogens is 253 g/mol. The lowest BCUT2D eigenvalue weighted by Crippen LogP contribution is -2.67. The predicted octanol–water partition coefficient (Wildman–Crippen LogP) is 3.82. The molecule has 0 saturated heterocycles. The van der Waals surface area contributed by atoms with Gasteiger partial charge < -0.3 is 10.1 Å². The van der Waals surface area contributed by atoms with Crippen LogP contribution in [-0.2, 0) is 4.74 Å². The average molecular weight is 277 g/mol. The lowest BCUT2D eigenvalue weighted by Gasteiger charge is -2.61. The van der Waals surface area contributed by atoms with Crippen molar-refractivity contribution in [3.63, 3.8) is 0 Å². The van der Waals surface area contributed by atoms with E-state index in [0.29, 0.717) is 17.6 Å². The van der Waals surface area contributed by atoms with Crippen LogP contribution in [0.25, 0.3) is 0 Å². The van der Waals surface area contributed by atoms with E-state index < -0.39 is 0 Å². The van der Waals surface area contributed by atoms with Crippen molar-refractivity contribution in [2.75, 3.05) is 6.61 Å². The Labute approximate surface area is 120 Å². The molecule has 2 nitrogen and oxygen atoms in total. The Hall–Kier alpha value is -0.930. The van der Waals surface area contributed by atoms with Gasteiger partial charge in [0.1, 0.15) is 5.82 Å². The first-order chi connectivity index (χ1) is 9.65. The molecule has 1 N–H and O–H groups in total. The number of halogens is 1. The van der Waals surface area contributed by atoms with Crippen molar-refractivity contribution in [1.82, 2.24) is 5.32 Å². The van der Waals surface area contributed by atoms with Gasteiger partial charge in [-0.1, -0.05) is 18.6 Å². The minimum atomic E-state index is -0.157. The molecule has 2 fully saturated rings. The summed E-state index contributed by atoms with van der Waals surface area (Å²) in [6.07, 6.45) is 5.37. The van der Waals surface area contributed by atoms with Gasteiger partial charge in [0.15, 0.2) is 0 Å². The first-order valence-electron chi connectivity index (χ1n) is 7.79. The molecule has 1 spiro atoms. The number of nitrogens with one attached hydrogen (secondary N) is 1. The quantitative estimate of drug-likeness (QED) is 0.883. The maximum absolute atomic E-state index is 13.3. The van der Waals surface area contributed by atoms with Crippen LogP contribution in [0.4, 0.5) is 4.39 Å². The highest BCUT2D eigenvalue weighted by atomic mass is 19.1.